The lowest BCUT2D eigenvalue weighted by Gasteiger charge is -2.27. The van der Waals surface area contributed by atoms with E-state index in [1.165, 1.54) is 12.8 Å². The van der Waals surface area contributed by atoms with Crippen molar-refractivity contribution >= 4 is 11.9 Å². The van der Waals surface area contributed by atoms with Gasteiger partial charge in [0.15, 0.2) is 0 Å². The van der Waals surface area contributed by atoms with Gasteiger partial charge in [0.2, 0.25) is 5.91 Å². The first-order valence-electron chi connectivity index (χ1n) is 7.76. The van der Waals surface area contributed by atoms with Crippen LogP contribution in [0.3, 0.4) is 0 Å². The van der Waals surface area contributed by atoms with Crippen molar-refractivity contribution in [2.45, 2.75) is 51.5 Å². The average Bonchev–Trinajstić information content (AvgIpc) is 2.78. The molecule has 5 nitrogen and oxygen atoms in total. The summed E-state index contributed by atoms with van der Waals surface area (Å²) in [6.07, 6.45) is 5.70. The summed E-state index contributed by atoms with van der Waals surface area (Å²) in [6.45, 7) is 4.27. The number of likely N-dealkylation sites (tertiary alicyclic amines) is 1. The fraction of sp³-hybridized carbons (Fsp3) is 0.867. The van der Waals surface area contributed by atoms with Crippen LogP contribution in [0, 0.1) is 11.8 Å². The van der Waals surface area contributed by atoms with E-state index in [4.69, 9.17) is 5.11 Å². The van der Waals surface area contributed by atoms with Gasteiger partial charge in [0, 0.05) is 19.0 Å². The molecule has 1 unspecified atom stereocenters. The van der Waals surface area contributed by atoms with Gasteiger partial charge in [-0.3, -0.25) is 14.5 Å². The summed E-state index contributed by atoms with van der Waals surface area (Å²) in [6, 6.07) is 0.344. The minimum Gasteiger partial charge on any atom is -0.481 e. The molecule has 0 aromatic heterocycles. The van der Waals surface area contributed by atoms with Crippen molar-refractivity contribution in [1.29, 1.82) is 0 Å². The molecule has 2 aliphatic rings. The van der Waals surface area contributed by atoms with Crippen LogP contribution in [0.15, 0.2) is 0 Å². The number of hydrogen-bond acceptors (Lipinski definition) is 3. The highest BCUT2D eigenvalue weighted by atomic mass is 16.4. The zero-order chi connectivity index (χ0) is 14.5. The summed E-state index contributed by atoms with van der Waals surface area (Å²) >= 11 is 0. The van der Waals surface area contributed by atoms with Crippen LogP contribution < -0.4 is 5.32 Å². The molecule has 5 heteroatoms. The maximum atomic E-state index is 12.0. The van der Waals surface area contributed by atoms with Crippen molar-refractivity contribution < 1.29 is 14.7 Å². The minimum absolute atomic E-state index is 0.0977. The van der Waals surface area contributed by atoms with Crippen LogP contribution in [0.1, 0.15) is 45.4 Å². The van der Waals surface area contributed by atoms with Gasteiger partial charge in [-0.05, 0) is 50.5 Å². The Morgan fingerprint density at radius 1 is 1.20 bits per heavy atom. The lowest BCUT2D eigenvalue weighted by Crippen LogP contribution is -2.42. The molecule has 20 heavy (non-hydrogen) atoms. The van der Waals surface area contributed by atoms with E-state index in [2.05, 4.69) is 17.1 Å². The Labute approximate surface area is 120 Å². The standard InChI is InChI=1S/C15H26N2O3/c1-11-2-4-13(5-3-11)16-14(18)10-17-7-6-12(9-17)8-15(19)20/h11-13H,2-10H2,1H3,(H,16,18)(H,19,20). The van der Waals surface area contributed by atoms with Crippen LogP contribution in [0.4, 0.5) is 0 Å². The number of carboxylic acids is 1. The first-order valence-corrected chi connectivity index (χ1v) is 7.76. The lowest BCUT2D eigenvalue weighted by atomic mass is 9.87. The number of carbonyl (C=O) groups excluding carboxylic acids is 1. The van der Waals surface area contributed by atoms with E-state index in [0.717, 1.165) is 38.3 Å². The van der Waals surface area contributed by atoms with E-state index in [9.17, 15) is 9.59 Å². The third kappa shape index (κ3) is 4.78. The van der Waals surface area contributed by atoms with Crippen LogP contribution in [-0.4, -0.2) is 47.6 Å². The summed E-state index contributed by atoms with van der Waals surface area (Å²) in [5.41, 5.74) is 0. The lowest BCUT2D eigenvalue weighted by molar-refractivity contribution is -0.138. The van der Waals surface area contributed by atoms with Crippen molar-refractivity contribution in [3.8, 4) is 0 Å². The highest BCUT2D eigenvalue weighted by molar-refractivity contribution is 5.78. The molecule has 1 saturated heterocycles. The Morgan fingerprint density at radius 2 is 1.90 bits per heavy atom. The Morgan fingerprint density at radius 3 is 2.55 bits per heavy atom. The first-order chi connectivity index (χ1) is 9.52. The Bertz CT molecular complexity index is 351. The largest absolute Gasteiger partial charge is 0.481 e. The maximum Gasteiger partial charge on any atom is 0.303 e. The zero-order valence-electron chi connectivity index (χ0n) is 12.3. The third-order valence-corrected chi connectivity index (χ3v) is 4.58. The van der Waals surface area contributed by atoms with Gasteiger partial charge >= 0.3 is 5.97 Å². The van der Waals surface area contributed by atoms with Gasteiger partial charge < -0.3 is 10.4 Å². The second-order valence-corrected chi connectivity index (χ2v) is 6.51. The molecular formula is C15H26N2O3. The topological polar surface area (TPSA) is 69.6 Å². The van der Waals surface area contributed by atoms with Crippen molar-refractivity contribution in [2.75, 3.05) is 19.6 Å². The van der Waals surface area contributed by atoms with E-state index in [-0.39, 0.29) is 18.2 Å². The zero-order valence-corrected chi connectivity index (χ0v) is 12.3. The predicted molar refractivity (Wildman–Crippen MR) is 76.4 cm³/mol. The molecule has 1 aliphatic carbocycles. The highest BCUT2D eigenvalue weighted by Gasteiger charge is 2.26. The minimum atomic E-state index is -0.738. The maximum absolute atomic E-state index is 12.0. The molecule has 2 rings (SSSR count). The third-order valence-electron chi connectivity index (χ3n) is 4.58. The summed E-state index contributed by atoms with van der Waals surface area (Å²) in [7, 11) is 0. The Balaban J connectivity index is 1.66. The molecule has 0 aromatic rings. The summed E-state index contributed by atoms with van der Waals surface area (Å²) in [5, 5.41) is 11.9. The molecule has 114 valence electrons. The van der Waals surface area contributed by atoms with Gasteiger partial charge in [-0.25, -0.2) is 0 Å². The number of carbonyl (C=O) groups is 2. The van der Waals surface area contributed by atoms with E-state index < -0.39 is 5.97 Å². The van der Waals surface area contributed by atoms with Gasteiger partial charge in [-0.1, -0.05) is 6.92 Å². The number of amides is 1. The van der Waals surface area contributed by atoms with Crippen molar-refractivity contribution in [3.05, 3.63) is 0 Å². The van der Waals surface area contributed by atoms with Gasteiger partial charge in [0.1, 0.15) is 0 Å². The fourth-order valence-corrected chi connectivity index (χ4v) is 3.35. The SMILES string of the molecule is CC1CCC(NC(=O)CN2CCC(CC(=O)O)C2)CC1. The van der Waals surface area contributed by atoms with Crippen LogP contribution in [0.5, 0.6) is 0 Å². The highest BCUT2D eigenvalue weighted by Crippen LogP contribution is 2.23. The predicted octanol–water partition coefficient (Wildman–Crippen LogP) is 1.48. The first kappa shape index (κ1) is 15.3. The number of nitrogens with one attached hydrogen (secondary N) is 1. The molecule has 0 bridgehead atoms. The molecule has 2 N–H and O–H groups in total. The second kappa shape index (κ2) is 7.07. The van der Waals surface area contributed by atoms with Crippen molar-refractivity contribution in [2.24, 2.45) is 11.8 Å². The van der Waals surface area contributed by atoms with Gasteiger partial charge in [-0.15, -0.1) is 0 Å². The molecule has 0 aromatic carbocycles. The summed E-state index contributed by atoms with van der Waals surface area (Å²) in [5.74, 6) is 0.354. The van der Waals surface area contributed by atoms with E-state index in [0.29, 0.717) is 12.6 Å². The summed E-state index contributed by atoms with van der Waals surface area (Å²) < 4.78 is 0. The number of hydrogen-bond donors (Lipinski definition) is 2. The monoisotopic (exact) mass is 282 g/mol. The number of nitrogens with zero attached hydrogens (tertiary/aromatic N) is 1. The van der Waals surface area contributed by atoms with Crippen molar-refractivity contribution in [3.63, 3.8) is 0 Å². The molecular weight excluding hydrogens is 256 g/mol. The molecule has 1 atom stereocenters. The number of rotatable bonds is 5. The quantitative estimate of drug-likeness (QED) is 0.801. The number of aliphatic carboxylic acids is 1. The molecule has 0 radical (unpaired) electrons. The normalized spacial score (nSPS) is 31.1. The average molecular weight is 282 g/mol. The molecule has 1 aliphatic heterocycles. The van der Waals surface area contributed by atoms with Crippen LogP contribution in [0.25, 0.3) is 0 Å². The van der Waals surface area contributed by atoms with Crippen molar-refractivity contribution in [1.82, 2.24) is 10.2 Å². The second-order valence-electron chi connectivity index (χ2n) is 6.51. The van der Waals surface area contributed by atoms with Gasteiger partial charge in [-0.2, -0.15) is 0 Å². The molecule has 2 fully saturated rings. The van der Waals surface area contributed by atoms with E-state index in [1.54, 1.807) is 0 Å². The summed E-state index contributed by atoms with van der Waals surface area (Å²) in [4.78, 5) is 24.8. The van der Waals surface area contributed by atoms with Gasteiger partial charge in [0.05, 0.1) is 6.54 Å². The van der Waals surface area contributed by atoms with Crippen LogP contribution in [-0.2, 0) is 9.59 Å². The molecule has 0 spiro atoms. The van der Waals surface area contributed by atoms with Crippen LogP contribution in [0.2, 0.25) is 0 Å². The van der Waals surface area contributed by atoms with E-state index >= 15 is 0 Å². The number of carboxylic acid groups (broad SMARTS) is 1. The molecule has 1 amide bonds. The molecule has 1 heterocycles. The van der Waals surface area contributed by atoms with E-state index in [1.807, 2.05) is 0 Å². The fourth-order valence-electron chi connectivity index (χ4n) is 3.35. The molecule has 1 saturated carbocycles. The van der Waals surface area contributed by atoms with Gasteiger partial charge in [0.25, 0.3) is 0 Å². The Kier molecular flexibility index (Phi) is 5.40. The van der Waals surface area contributed by atoms with Crippen LogP contribution >= 0.6 is 0 Å². The Hall–Kier alpha value is -1.10. The smallest absolute Gasteiger partial charge is 0.303 e.